The van der Waals surface area contributed by atoms with Crippen molar-refractivity contribution >= 4 is 26.7 Å². The number of benzene rings is 3. The van der Waals surface area contributed by atoms with Crippen LogP contribution < -0.4 is 4.72 Å². The number of sulfonamides is 1. The minimum atomic E-state index is -4.02. The van der Waals surface area contributed by atoms with Gasteiger partial charge in [0.15, 0.2) is 11.6 Å². The highest BCUT2D eigenvalue weighted by atomic mass is 32.2. The minimum absolute atomic E-state index is 0.338. The number of hydrogen-bond acceptors (Lipinski definition) is 3. The van der Waals surface area contributed by atoms with Gasteiger partial charge in [0.2, 0.25) is 0 Å². The number of halogens is 2. The van der Waals surface area contributed by atoms with Gasteiger partial charge in [0.05, 0.1) is 15.9 Å². The molecule has 1 aromatic heterocycles. The summed E-state index contributed by atoms with van der Waals surface area (Å²) in [5.41, 5.74) is 3.50. The Morgan fingerprint density at radius 3 is 2.41 bits per heavy atom. The monoisotopic (exact) mass is 455 g/mol. The maximum Gasteiger partial charge on any atom is 0.261 e. The van der Waals surface area contributed by atoms with Crippen LogP contribution in [0.1, 0.15) is 24.7 Å². The van der Waals surface area contributed by atoms with Crippen LogP contribution in [0.25, 0.3) is 11.0 Å². The lowest BCUT2D eigenvalue weighted by molar-refractivity contribution is 0.504. The average molecular weight is 456 g/mol. The van der Waals surface area contributed by atoms with Crippen molar-refractivity contribution in [1.82, 2.24) is 9.55 Å². The van der Waals surface area contributed by atoms with Crippen LogP contribution in [0.5, 0.6) is 0 Å². The molecule has 4 rings (SSSR count). The third-order valence-electron chi connectivity index (χ3n) is 5.23. The molecule has 1 heterocycles. The molecule has 0 aliphatic rings. The number of hydrogen-bond donors (Lipinski definition) is 1. The van der Waals surface area contributed by atoms with Gasteiger partial charge in [-0.2, -0.15) is 0 Å². The highest BCUT2D eigenvalue weighted by molar-refractivity contribution is 7.92. The van der Waals surface area contributed by atoms with Gasteiger partial charge in [-0.3, -0.25) is 4.72 Å². The first-order valence-electron chi connectivity index (χ1n) is 10.4. The number of fused-ring (bicyclic) bond motifs is 1. The Kier molecular flexibility index (Phi) is 6.23. The summed E-state index contributed by atoms with van der Waals surface area (Å²) < 4.78 is 56.0. The van der Waals surface area contributed by atoms with Crippen molar-refractivity contribution in [2.45, 2.75) is 37.6 Å². The summed E-state index contributed by atoms with van der Waals surface area (Å²) in [6, 6.07) is 17.6. The lowest BCUT2D eigenvalue weighted by atomic mass is 10.1. The second-order valence-corrected chi connectivity index (χ2v) is 9.23. The Morgan fingerprint density at radius 1 is 0.938 bits per heavy atom. The molecule has 0 amide bonds. The van der Waals surface area contributed by atoms with Gasteiger partial charge >= 0.3 is 0 Å². The van der Waals surface area contributed by atoms with E-state index in [1.54, 1.807) is 12.1 Å². The van der Waals surface area contributed by atoms with Gasteiger partial charge in [0, 0.05) is 18.7 Å². The topological polar surface area (TPSA) is 64.0 Å². The Morgan fingerprint density at radius 2 is 1.69 bits per heavy atom. The summed E-state index contributed by atoms with van der Waals surface area (Å²) >= 11 is 0. The maximum atomic E-state index is 13.4. The Balaban J connectivity index is 1.46. The molecular weight excluding hydrogens is 432 g/mol. The van der Waals surface area contributed by atoms with Crippen molar-refractivity contribution in [3.05, 3.63) is 89.8 Å². The number of nitrogens with one attached hydrogen (secondary N) is 1. The third-order valence-corrected chi connectivity index (χ3v) is 6.60. The zero-order valence-electron chi connectivity index (χ0n) is 17.6. The van der Waals surface area contributed by atoms with E-state index in [0.29, 0.717) is 11.8 Å². The van der Waals surface area contributed by atoms with Crippen LogP contribution >= 0.6 is 0 Å². The Bertz CT molecular complexity index is 1350. The van der Waals surface area contributed by atoms with Gasteiger partial charge in [0.1, 0.15) is 5.82 Å². The van der Waals surface area contributed by atoms with E-state index in [2.05, 4.69) is 22.3 Å². The smallest absolute Gasteiger partial charge is 0.261 e. The molecular formula is C24H23F2N3O2S. The quantitative estimate of drug-likeness (QED) is 0.392. The molecule has 0 saturated carbocycles. The number of para-hydroxylation sites is 2. The number of nitrogens with zero attached hydrogens (tertiary/aromatic N) is 2. The first-order valence-corrected chi connectivity index (χ1v) is 11.9. The fraction of sp³-hybridized carbons (Fsp3) is 0.208. The molecule has 3 aromatic carbocycles. The van der Waals surface area contributed by atoms with Gasteiger partial charge in [-0.15, -0.1) is 0 Å². The summed E-state index contributed by atoms with van der Waals surface area (Å²) in [4.78, 5) is 4.44. The van der Waals surface area contributed by atoms with Gasteiger partial charge in [-0.05, 0) is 60.9 Å². The molecule has 0 saturated heterocycles. The molecule has 0 aliphatic heterocycles. The molecule has 0 atom stereocenters. The van der Waals surface area contributed by atoms with E-state index in [9.17, 15) is 17.2 Å². The lowest BCUT2D eigenvalue weighted by Crippen LogP contribution is -2.13. The highest BCUT2D eigenvalue weighted by Crippen LogP contribution is 2.21. The fourth-order valence-corrected chi connectivity index (χ4v) is 4.71. The van der Waals surface area contributed by atoms with E-state index in [-0.39, 0.29) is 4.90 Å². The second-order valence-electron chi connectivity index (χ2n) is 7.55. The number of aromatic nitrogens is 2. The molecule has 0 bridgehead atoms. The predicted molar refractivity (Wildman–Crippen MR) is 121 cm³/mol. The molecule has 32 heavy (non-hydrogen) atoms. The van der Waals surface area contributed by atoms with E-state index in [1.807, 2.05) is 30.3 Å². The predicted octanol–water partition coefficient (Wildman–Crippen LogP) is 5.31. The van der Waals surface area contributed by atoms with Crippen LogP contribution in [0.15, 0.2) is 71.6 Å². The van der Waals surface area contributed by atoms with E-state index in [1.165, 1.54) is 0 Å². The van der Waals surface area contributed by atoms with Crippen molar-refractivity contribution in [3.63, 3.8) is 0 Å². The van der Waals surface area contributed by atoms with Crippen LogP contribution in [0.2, 0.25) is 0 Å². The summed E-state index contributed by atoms with van der Waals surface area (Å²) in [5.74, 6) is -1.28. The average Bonchev–Trinajstić information content (AvgIpc) is 3.13. The van der Waals surface area contributed by atoms with Crippen LogP contribution in [0.4, 0.5) is 14.5 Å². The molecule has 0 fully saturated rings. The van der Waals surface area contributed by atoms with E-state index in [0.717, 1.165) is 60.4 Å². The van der Waals surface area contributed by atoms with Crippen LogP contribution in [-0.2, 0) is 29.4 Å². The molecule has 0 radical (unpaired) electrons. The zero-order valence-corrected chi connectivity index (χ0v) is 18.4. The van der Waals surface area contributed by atoms with Crippen molar-refractivity contribution in [2.24, 2.45) is 0 Å². The Hall–Kier alpha value is -3.26. The summed E-state index contributed by atoms with van der Waals surface area (Å²) in [7, 11) is -4.02. The molecule has 5 nitrogen and oxygen atoms in total. The van der Waals surface area contributed by atoms with Gasteiger partial charge in [0.25, 0.3) is 10.0 Å². The molecule has 1 N–H and O–H groups in total. The standard InChI is InChI=1S/C24H23F2N3O2S/c1-2-15-29-23-6-4-3-5-22(23)27-24(29)14-9-17-7-10-18(11-8-17)28-32(30,31)19-12-13-20(25)21(26)16-19/h3-8,10-13,16,28H,2,9,14-15H2,1H3. The first-order chi connectivity index (χ1) is 15.4. The van der Waals surface area contributed by atoms with E-state index >= 15 is 0 Å². The van der Waals surface area contributed by atoms with Crippen molar-refractivity contribution < 1.29 is 17.2 Å². The van der Waals surface area contributed by atoms with E-state index < -0.39 is 21.7 Å². The van der Waals surface area contributed by atoms with Gasteiger partial charge < -0.3 is 4.57 Å². The first kappa shape index (κ1) is 22.0. The third kappa shape index (κ3) is 4.65. The fourth-order valence-electron chi connectivity index (χ4n) is 3.64. The molecule has 0 aliphatic carbocycles. The zero-order chi connectivity index (χ0) is 22.7. The molecule has 4 aromatic rings. The van der Waals surface area contributed by atoms with Crippen molar-refractivity contribution in [2.75, 3.05) is 4.72 Å². The van der Waals surface area contributed by atoms with Crippen LogP contribution in [0, 0.1) is 11.6 Å². The SMILES string of the molecule is CCCn1c(CCc2ccc(NS(=O)(=O)c3ccc(F)c(F)c3)cc2)nc2ccccc21. The molecule has 0 spiro atoms. The lowest BCUT2D eigenvalue weighted by Gasteiger charge is -2.10. The van der Waals surface area contributed by atoms with Gasteiger partial charge in [-0.1, -0.05) is 31.2 Å². The minimum Gasteiger partial charge on any atom is -0.328 e. The Labute approximate surface area is 185 Å². The number of rotatable bonds is 8. The normalized spacial score (nSPS) is 11.7. The van der Waals surface area contributed by atoms with Crippen molar-refractivity contribution in [1.29, 1.82) is 0 Å². The van der Waals surface area contributed by atoms with E-state index in [4.69, 9.17) is 4.98 Å². The number of aryl methyl sites for hydroxylation is 3. The largest absolute Gasteiger partial charge is 0.328 e. The highest BCUT2D eigenvalue weighted by Gasteiger charge is 2.17. The maximum absolute atomic E-state index is 13.4. The molecule has 166 valence electrons. The summed E-state index contributed by atoms with van der Waals surface area (Å²) in [6.45, 7) is 3.04. The molecule has 0 unspecified atom stereocenters. The molecule has 8 heteroatoms. The summed E-state index contributed by atoms with van der Waals surface area (Å²) in [6.07, 6.45) is 2.53. The number of anilines is 1. The second kappa shape index (κ2) is 9.08. The number of imidazole rings is 1. The van der Waals surface area contributed by atoms with Crippen LogP contribution in [0.3, 0.4) is 0 Å². The van der Waals surface area contributed by atoms with Crippen LogP contribution in [-0.4, -0.2) is 18.0 Å². The van der Waals surface area contributed by atoms with Gasteiger partial charge in [-0.25, -0.2) is 22.2 Å². The van der Waals surface area contributed by atoms with Crippen molar-refractivity contribution in [3.8, 4) is 0 Å². The summed E-state index contributed by atoms with van der Waals surface area (Å²) in [5, 5.41) is 0.